The van der Waals surface area contributed by atoms with Crippen molar-refractivity contribution in [3.63, 3.8) is 0 Å². The molecule has 0 saturated heterocycles. The van der Waals surface area contributed by atoms with Crippen LogP contribution in [0.5, 0.6) is 5.75 Å². The number of benzene rings is 1. The first-order valence-electron chi connectivity index (χ1n) is 6.10. The van der Waals surface area contributed by atoms with Crippen LogP contribution in [0.1, 0.15) is 12.5 Å². The Bertz CT molecular complexity index is 425. The molecule has 0 saturated carbocycles. The maximum absolute atomic E-state index is 11.9. The number of hydrogen-bond donors (Lipinski definition) is 1. The molecule has 0 radical (unpaired) electrons. The van der Waals surface area contributed by atoms with Gasteiger partial charge in [0, 0.05) is 6.04 Å². The predicted octanol–water partition coefficient (Wildman–Crippen LogP) is 3.30. The molecule has 0 aromatic heterocycles. The molecule has 3 nitrogen and oxygen atoms in total. The molecule has 1 atom stereocenters. The summed E-state index contributed by atoms with van der Waals surface area (Å²) < 4.78 is 46.4. The highest BCUT2D eigenvalue weighted by Crippen LogP contribution is 2.29. The van der Waals surface area contributed by atoms with Crippen molar-refractivity contribution >= 4 is 15.9 Å². The quantitative estimate of drug-likeness (QED) is 0.763. The van der Waals surface area contributed by atoms with Gasteiger partial charge in [-0.2, -0.15) is 13.2 Å². The second kappa shape index (κ2) is 7.85. The Morgan fingerprint density at radius 3 is 2.60 bits per heavy atom. The van der Waals surface area contributed by atoms with Crippen LogP contribution in [0.4, 0.5) is 13.2 Å². The van der Waals surface area contributed by atoms with Gasteiger partial charge in [0.05, 0.1) is 11.1 Å². The van der Waals surface area contributed by atoms with Crippen molar-refractivity contribution in [3.05, 3.63) is 28.2 Å². The van der Waals surface area contributed by atoms with Gasteiger partial charge in [0.25, 0.3) is 0 Å². The Morgan fingerprint density at radius 1 is 1.30 bits per heavy atom. The standard InChI is InChI=1S/C13H17BrF3NO2/c1-9(18)7-10-3-2-4-11(14)12(10)20-6-5-19-8-13(15,16)17/h2-4,9H,5-8,18H2,1H3. The topological polar surface area (TPSA) is 44.5 Å². The molecular formula is C13H17BrF3NO2. The highest BCUT2D eigenvalue weighted by molar-refractivity contribution is 9.10. The minimum absolute atomic E-state index is 0.0341. The van der Waals surface area contributed by atoms with Crippen LogP contribution in [-0.2, 0) is 11.2 Å². The summed E-state index contributed by atoms with van der Waals surface area (Å²) in [5.41, 5.74) is 6.65. The lowest BCUT2D eigenvalue weighted by molar-refractivity contribution is -0.175. The van der Waals surface area contributed by atoms with Gasteiger partial charge >= 0.3 is 6.18 Å². The van der Waals surface area contributed by atoms with Gasteiger partial charge in [-0.1, -0.05) is 12.1 Å². The lowest BCUT2D eigenvalue weighted by Gasteiger charge is -2.15. The van der Waals surface area contributed by atoms with Gasteiger partial charge in [-0.05, 0) is 40.9 Å². The van der Waals surface area contributed by atoms with E-state index in [9.17, 15) is 13.2 Å². The van der Waals surface area contributed by atoms with E-state index in [2.05, 4.69) is 20.7 Å². The van der Waals surface area contributed by atoms with E-state index >= 15 is 0 Å². The smallest absolute Gasteiger partial charge is 0.411 e. The van der Waals surface area contributed by atoms with E-state index < -0.39 is 12.8 Å². The van der Waals surface area contributed by atoms with Gasteiger partial charge in [-0.3, -0.25) is 0 Å². The number of hydrogen-bond acceptors (Lipinski definition) is 3. The van der Waals surface area contributed by atoms with Crippen molar-refractivity contribution in [2.24, 2.45) is 5.73 Å². The summed E-state index contributed by atoms with van der Waals surface area (Å²) in [6.45, 7) is 0.527. The first-order chi connectivity index (χ1) is 9.29. The van der Waals surface area contributed by atoms with Crippen molar-refractivity contribution in [1.82, 2.24) is 0 Å². The normalized spacial score (nSPS) is 13.3. The average molecular weight is 356 g/mol. The Morgan fingerprint density at radius 2 is 2.00 bits per heavy atom. The minimum atomic E-state index is -4.31. The summed E-state index contributed by atoms with van der Waals surface area (Å²) >= 11 is 3.35. The van der Waals surface area contributed by atoms with Crippen molar-refractivity contribution in [2.75, 3.05) is 19.8 Å². The molecule has 1 aromatic rings. The summed E-state index contributed by atoms with van der Waals surface area (Å²) in [6, 6.07) is 5.50. The number of nitrogens with two attached hydrogens (primary N) is 1. The van der Waals surface area contributed by atoms with Crippen LogP contribution in [0, 0.1) is 0 Å². The first-order valence-corrected chi connectivity index (χ1v) is 6.89. The van der Waals surface area contributed by atoms with E-state index in [1.54, 1.807) is 6.07 Å². The molecule has 0 aliphatic rings. The Labute approximate surface area is 124 Å². The fourth-order valence-electron chi connectivity index (χ4n) is 1.61. The van der Waals surface area contributed by atoms with E-state index in [0.29, 0.717) is 12.2 Å². The molecule has 7 heteroatoms. The summed E-state index contributed by atoms with van der Waals surface area (Å²) in [5, 5.41) is 0. The first kappa shape index (κ1) is 17.3. The van der Waals surface area contributed by atoms with E-state index in [4.69, 9.17) is 10.5 Å². The molecule has 0 spiro atoms. The second-order valence-electron chi connectivity index (χ2n) is 4.43. The summed E-state index contributed by atoms with van der Waals surface area (Å²) in [5.74, 6) is 0.598. The maximum atomic E-state index is 11.9. The predicted molar refractivity (Wildman–Crippen MR) is 73.9 cm³/mol. The molecule has 0 fully saturated rings. The zero-order valence-electron chi connectivity index (χ0n) is 11.0. The number of alkyl halides is 3. The van der Waals surface area contributed by atoms with Crippen LogP contribution in [0.15, 0.2) is 22.7 Å². The van der Waals surface area contributed by atoms with Gasteiger partial charge < -0.3 is 15.2 Å². The number of ether oxygens (including phenoxy) is 2. The molecule has 0 aliphatic heterocycles. The lowest BCUT2D eigenvalue weighted by Crippen LogP contribution is -2.20. The third-order valence-electron chi connectivity index (χ3n) is 2.33. The van der Waals surface area contributed by atoms with Crippen LogP contribution in [0.2, 0.25) is 0 Å². The largest absolute Gasteiger partial charge is 0.490 e. The molecule has 2 N–H and O–H groups in total. The fourth-order valence-corrected chi connectivity index (χ4v) is 2.14. The van der Waals surface area contributed by atoms with Crippen LogP contribution in [-0.4, -0.2) is 32.0 Å². The molecule has 1 aromatic carbocycles. The molecule has 114 valence electrons. The van der Waals surface area contributed by atoms with Crippen molar-refractivity contribution in [1.29, 1.82) is 0 Å². The third-order valence-corrected chi connectivity index (χ3v) is 2.95. The van der Waals surface area contributed by atoms with E-state index in [1.165, 1.54) is 0 Å². The van der Waals surface area contributed by atoms with Crippen LogP contribution in [0.25, 0.3) is 0 Å². The molecule has 0 amide bonds. The summed E-state index contributed by atoms with van der Waals surface area (Å²) in [7, 11) is 0. The Hall–Kier alpha value is -0.790. The zero-order chi connectivity index (χ0) is 15.2. The molecule has 1 rings (SSSR count). The fraction of sp³-hybridized carbons (Fsp3) is 0.538. The third kappa shape index (κ3) is 6.58. The monoisotopic (exact) mass is 355 g/mol. The van der Waals surface area contributed by atoms with Gasteiger partial charge in [0.15, 0.2) is 0 Å². The summed E-state index contributed by atoms with van der Waals surface area (Å²) in [6.07, 6.45) is -3.69. The van der Waals surface area contributed by atoms with Crippen molar-refractivity contribution < 1.29 is 22.6 Å². The summed E-state index contributed by atoms with van der Waals surface area (Å²) in [4.78, 5) is 0. The van der Waals surface area contributed by atoms with Gasteiger partial charge in [0.1, 0.15) is 19.0 Å². The minimum Gasteiger partial charge on any atom is -0.490 e. The SMILES string of the molecule is CC(N)Cc1cccc(Br)c1OCCOCC(F)(F)F. The Balaban J connectivity index is 2.50. The lowest BCUT2D eigenvalue weighted by atomic mass is 10.1. The second-order valence-corrected chi connectivity index (χ2v) is 5.28. The van der Waals surface area contributed by atoms with Crippen molar-refractivity contribution in [2.45, 2.75) is 25.6 Å². The van der Waals surface area contributed by atoms with E-state index in [1.807, 2.05) is 19.1 Å². The van der Waals surface area contributed by atoms with E-state index in [0.717, 1.165) is 10.0 Å². The molecule has 1 unspecified atom stereocenters. The number of para-hydroxylation sites is 1. The van der Waals surface area contributed by atoms with Gasteiger partial charge in [-0.25, -0.2) is 0 Å². The zero-order valence-corrected chi connectivity index (χ0v) is 12.6. The average Bonchev–Trinajstić information content (AvgIpc) is 2.29. The van der Waals surface area contributed by atoms with Gasteiger partial charge in [0.2, 0.25) is 0 Å². The maximum Gasteiger partial charge on any atom is 0.411 e. The van der Waals surface area contributed by atoms with Crippen LogP contribution < -0.4 is 10.5 Å². The van der Waals surface area contributed by atoms with Crippen LogP contribution >= 0.6 is 15.9 Å². The molecule has 0 bridgehead atoms. The van der Waals surface area contributed by atoms with Crippen LogP contribution in [0.3, 0.4) is 0 Å². The van der Waals surface area contributed by atoms with Crippen molar-refractivity contribution in [3.8, 4) is 5.75 Å². The number of halogens is 4. The van der Waals surface area contributed by atoms with E-state index in [-0.39, 0.29) is 19.3 Å². The van der Waals surface area contributed by atoms with Gasteiger partial charge in [-0.15, -0.1) is 0 Å². The molecule has 20 heavy (non-hydrogen) atoms. The highest BCUT2D eigenvalue weighted by atomic mass is 79.9. The molecular weight excluding hydrogens is 339 g/mol. The Kier molecular flexibility index (Phi) is 6.78. The highest BCUT2D eigenvalue weighted by Gasteiger charge is 2.27. The molecule has 0 aliphatic carbocycles. The number of rotatable bonds is 7. The molecule has 0 heterocycles.